The first kappa shape index (κ1) is 18.6. The van der Waals surface area contributed by atoms with Crippen LogP contribution in [0.2, 0.25) is 0 Å². The second-order valence-electron chi connectivity index (χ2n) is 6.09. The fourth-order valence-electron chi connectivity index (χ4n) is 2.89. The van der Waals surface area contributed by atoms with Crippen LogP contribution in [0.5, 0.6) is 11.5 Å². The van der Waals surface area contributed by atoms with E-state index in [-0.39, 0.29) is 12.5 Å². The highest BCUT2D eigenvalue weighted by Crippen LogP contribution is 2.36. The predicted molar refractivity (Wildman–Crippen MR) is 109 cm³/mol. The van der Waals surface area contributed by atoms with Crippen LogP contribution in [0.15, 0.2) is 60.1 Å². The van der Waals surface area contributed by atoms with Crippen LogP contribution in [0.1, 0.15) is 5.56 Å². The molecule has 1 aliphatic heterocycles. The van der Waals surface area contributed by atoms with Crippen LogP contribution in [0.4, 0.5) is 5.69 Å². The first-order chi connectivity index (χ1) is 14.0. The molecule has 0 aliphatic carbocycles. The number of fused-ring (bicyclic) bond motifs is 2. The lowest BCUT2D eigenvalue weighted by Crippen LogP contribution is -2.15. The number of hydrogen-bond donors (Lipinski definition) is 0. The molecule has 9 heteroatoms. The van der Waals surface area contributed by atoms with E-state index in [2.05, 4.69) is 11.6 Å². The van der Waals surface area contributed by atoms with E-state index < -0.39 is 10.8 Å². The van der Waals surface area contributed by atoms with Gasteiger partial charge in [0, 0.05) is 36.9 Å². The van der Waals surface area contributed by atoms with Crippen molar-refractivity contribution in [3.8, 4) is 11.5 Å². The number of nitro groups is 1. The summed E-state index contributed by atoms with van der Waals surface area (Å²) in [6.07, 6.45) is 4.51. The molecule has 0 radical (unpaired) electrons. The molecule has 1 aliphatic rings. The SMILES string of the molecule is C=CCn1c(=NC(=O)C=Cc2cccc([N+](=O)[O-])c2)sc2cc3c(cc21)OCO3. The number of amides is 1. The number of benzene rings is 2. The van der Waals surface area contributed by atoms with Gasteiger partial charge in [0.1, 0.15) is 0 Å². The van der Waals surface area contributed by atoms with E-state index in [0.717, 1.165) is 10.2 Å². The van der Waals surface area contributed by atoms with Crippen LogP contribution < -0.4 is 14.3 Å². The summed E-state index contributed by atoms with van der Waals surface area (Å²) in [4.78, 5) is 27.4. The first-order valence-corrected chi connectivity index (χ1v) is 9.42. The molecule has 1 aromatic heterocycles. The number of hydrogen-bond acceptors (Lipinski definition) is 6. The van der Waals surface area contributed by atoms with Gasteiger partial charge in [-0.25, -0.2) is 0 Å². The number of carbonyl (C=O) groups excluding carboxylic acids is 1. The van der Waals surface area contributed by atoms with Crippen molar-refractivity contribution in [2.75, 3.05) is 6.79 Å². The molecule has 3 aromatic rings. The van der Waals surface area contributed by atoms with Crippen LogP contribution in [0.3, 0.4) is 0 Å². The summed E-state index contributed by atoms with van der Waals surface area (Å²) < 4.78 is 13.6. The van der Waals surface area contributed by atoms with Gasteiger partial charge in [0.2, 0.25) is 6.79 Å². The van der Waals surface area contributed by atoms with Gasteiger partial charge in [-0.3, -0.25) is 14.9 Å². The lowest BCUT2D eigenvalue weighted by Gasteiger charge is -2.01. The Kier molecular flexibility index (Phi) is 4.96. The van der Waals surface area contributed by atoms with Gasteiger partial charge >= 0.3 is 0 Å². The monoisotopic (exact) mass is 409 g/mol. The standard InChI is InChI=1S/C20H15N3O5S/c1-2-8-22-15-10-16-17(28-12-27-16)11-18(15)29-20(22)21-19(24)7-6-13-4-3-5-14(9-13)23(25)26/h2-7,9-11H,1,8,12H2. The number of nitrogens with zero attached hydrogens (tertiary/aromatic N) is 3. The molecule has 2 heterocycles. The average Bonchev–Trinajstić information content (AvgIpc) is 3.29. The highest BCUT2D eigenvalue weighted by molar-refractivity contribution is 7.16. The van der Waals surface area contributed by atoms with Crippen molar-refractivity contribution in [1.29, 1.82) is 0 Å². The number of ether oxygens (including phenoxy) is 2. The maximum absolute atomic E-state index is 12.4. The molecule has 146 valence electrons. The lowest BCUT2D eigenvalue weighted by molar-refractivity contribution is -0.384. The number of allylic oxidation sites excluding steroid dienone is 1. The molecule has 0 atom stereocenters. The second-order valence-corrected chi connectivity index (χ2v) is 7.10. The summed E-state index contributed by atoms with van der Waals surface area (Å²) in [5, 5.41) is 10.9. The summed E-state index contributed by atoms with van der Waals surface area (Å²) >= 11 is 1.36. The van der Waals surface area contributed by atoms with Gasteiger partial charge in [0.05, 0.1) is 15.1 Å². The summed E-state index contributed by atoms with van der Waals surface area (Å²) in [6.45, 7) is 4.43. The highest BCUT2D eigenvalue weighted by atomic mass is 32.1. The van der Waals surface area contributed by atoms with Crippen molar-refractivity contribution in [1.82, 2.24) is 4.57 Å². The molecule has 0 spiro atoms. The molecule has 0 saturated carbocycles. The Morgan fingerprint density at radius 1 is 1.31 bits per heavy atom. The van der Waals surface area contributed by atoms with Crippen molar-refractivity contribution in [3.05, 3.63) is 75.6 Å². The molecular weight excluding hydrogens is 394 g/mol. The number of non-ortho nitro benzene ring substituents is 1. The van der Waals surface area contributed by atoms with E-state index in [1.165, 1.54) is 35.6 Å². The van der Waals surface area contributed by atoms with Crippen LogP contribution in [0, 0.1) is 10.1 Å². The van der Waals surface area contributed by atoms with Crippen LogP contribution in [-0.2, 0) is 11.3 Å². The maximum atomic E-state index is 12.4. The van der Waals surface area contributed by atoms with Gasteiger partial charge in [-0.15, -0.1) is 6.58 Å². The Hall–Kier alpha value is -3.72. The molecule has 0 unspecified atom stereocenters. The average molecular weight is 409 g/mol. The third kappa shape index (κ3) is 3.81. The van der Waals surface area contributed by atoms with E-state index in [1.807, 2.05) is 16.7 Å². The Morgan fingerprint density at radius 3 is 2.86 bits per heavy atom. The molecule has 0 fully saturated rings. The molecule has 0 saturated heterocycles. The largest absolute Gasteiger partial charge is 0.454 e. The highest BCUT2D eigenvalue weighted by Gasteiger charge is 2.17. The Bertz CT molecular complexity index is 1240. The van der Waals surface area contributed by atoms with Gasteiger partial charge in [-0.05, 0) is 11.6 Å². The van der Waals surface area contributed by atoms with Gasteiger partial charge in [-0.2, -0.15) is 4.99 Å². The molecule has 0 N–H and O–H groups in total. The summed E-state index contributed by atoms with van der Waals surface area (Å²) in [6, 6.07) is 9.75. The van der Waals surface area contributed by atoms with E-state index in [9.17, 15) is 14.9 Å². The number of thiazole rings is 1. The molecule has 4 rings (SSSR count). The van der Waals surface area contributed by atoms with E-state index >= 15 is 0 Å². The number of nitro benzene ring substituents is 1. The van der Waals surface area contributed by atoms with Crippen LogP contribution in [-0.4, -0.2) is 22.2 Å². The molecule has 8 nitrogen and oxygen atoms in total. The van der Waals surface area contributed by atoms with Crippen molar-refractivity contribution >= 4 is 39.2 Å². The zero-order chi connectivity index (χ0) is 20.4. The van der Waals surface area contributed by atoms with Crippen molar-refractivity contribution < 1.29 is 19.2 Å². The van der Waals surface area contributed by atoms with Crippen molar-refractivity contribution in [2.24, 2.45) is 4.99 Å². The minimum atomic E-state index is -0.482. The quantitative estimate of drug-likeness (QED) is 0.277. The van der Waals surface area contributed by atoms with Gasteiger partial charge in [-0.1, -0.05) is 29.5 Å². The fourth-order valence-corrected chi connectivity index (χ4v) is 3.95. The minimum Gasteiger partial charge on any atom is -0.454 e. The van der Waals surface area contributed by atoms with Crippen LogP contribution in [0.25, 0.3) is 16.3 Å². The Balaban J connectivity index is 1.69. The van der Waals surface area contributed by atoms with E-state index in [0.29, 0.717) is 28.4 Å². The molecule has 1 amide bonds. The minimum absolute atomic E-state index is 0.0395. The third-order valence-corrected chi connectivity index (χ3v) is 5.24. The maximum Gasteiger partial charge on any atom is 0.272 e. The predicted octanol–water partition coefficient (Wildman–Crippen LogP) is 3.67. The number of carbonyl (C=O) groups is 1. The summed E-state index contributed by atoms with van der Waals surface area (Å²) in [5.41, 5.74) is 1.37. The Morgan fingerprint density at radius 2 is 2.10 bits per heavy atom. The second kappa shape index (κ2) is 7.72. The summed E-state index contributed by atoms with van der Waals surface area (Å²) in [5.74, 6) is 0.838. The fraction of sp³-hybridized carbons (Fsp3) is 0.100. The van der Waals surface area contributed by atoms with E-state index in [4.69, 9.17) is 9.47 Å². The van der Waals surface area contributed by atoms with Crippen LogP contribution >= 0.6 is 11.3 Å². The van der Waals surface area contributed by atoms with Crippen molar-refractivity contribution in [3.63, 3.8) is 0 Å². The topological polar surface area (TPSA) is 96.0 Å². The lowest BCUT2D eigenvalue weighted by atomic mass is 10.2. The van der Waals surface area contributed by atoms with E-state index in [1.54, 1.807) is 18.2 Å². The zero-order valence-corrected chi connectivity index (χ0v) is 15.9. The van der Waals surface area contributed by atoms with Gasteiger partial charge < -0.3 is 14.0 Å². The molecule has 29 heavy (non-hydrogen) atoms. The van der Waals surface area contributed by atoms with Gasteiger partial charge in [0.25, 0.3) is 11.6 Å². The summed E-state index contributed by atoms with van der Waals surface area (Å²) in [7, 11) is 0. The first-order valence-electron chi connectivity index (χ1n) is 8.60. The van der Waals surface area contributed by atoms with Gasteiger partial charge in [0.15, 0.2) is 16.3 Å². The number of aromatic nitrogens is 1. The Labute approximate surface area is 168 Å². The molecule has 2 aromatic carbocycles. The normalized spacial score (nSPS) is 13.3. The number of rotatable bonds is 5. The smallest absolute Gasteiger partial charge is 0.272 e. The third-order valence-electron chi connectivity index (χ3n) is 4.19. The zero-order valence-electron chi connectivity index (χ0n) is 15.1. The molecule has 0 bridgehead atoms. The van der Waals surface area contributed by atoms with Crippen molar-refractivity contribution in [2.45, 2.75) is 6.54 Å². The molecular formula is C20H15N3O5S.